The van der Waals surface area contributed by atoms with Crippen LogP contribution in [0.15, 0.2) is 82.8 Å². The molecule has 2 aromatic carbocycles. The first-order chi connectivity index (χ1) is 33.1. The summed E-state index contributed by atoms with van der Waals surface area (Å²) in [6.07, 6.45) is 7.72. The number of thiazole rings is 1. The Hall–Kier alpha value is -5.11. The molecule has 4 bridgehead atoms. The number of aromatic nitrogens is 6. The van der Waals surface area contributed by atoms with Gasteiger partial charge in [-0.2, -0.15) is 18.5 Å². The van der Waals surface area contributed by atoms with Gasteiger partial charge in [-0.05, 0) is 130 Å². The third kappa shape index (κ3) is 10.3. The van der Waals surface area contributed by atoms with E-state index in [9.17, 15) is 13.2 Å². The van der Waals surface area contributed by atoms with Gasteiger partial charge in [0.2, 0.25) is 0 Å². The second-order valence-electron chi connectivity index (χ2n) is 22.2. The Kier molecular flexibility index (Phi) is 13.4. The molecule has 0 amide bonds. The third-order valence-electron chi connectivity index (χ3n) is 14.5. The van der Waals surface area contributed by atoms with Crippen molar-refractivity contribution in [2.45, 2.75) is 123 Å². The molecule has 0 radical (unpaired) electrons. The first kappa shape index (κ1) is 49.9. The number of hydrogen-bond acceptors (Lipinski definition) is 14. The van der Waals surface area contributed by atoms with E-state index in [1.807, 2.05) is 64.3 Å². The number of para-hydroxylation sites is 1. The van der Waals surface area contributed by atoms with Gasteiger partial charge in [-0.15, -0.1) is 10.2 Å². The van der Waals surface area contributed by atoms with Gasteiger partial charge in [0, 0.05) is 45.1 Å². The molecule has 2 unspecified atom stereocenters. The number of pyridine rings is 1. The maximum atomic E-state index is 13.5. The molecule has 4 aliphatic rings. The van der Waals surface area contributed by atoms with Crippen LogP contribution in [0.4, 0.5) is 17.5 Å². The van der Waals surface area contributed by atoms with Crippen molar-refractivity contribution in [2.24, 2.45) is 21.2 Å². The summed E-state index contributed by atoms with van der Waals surface area (Å²) in [7, 11) is -1.94. The van der Waals surface area contributed by atoms with E-state index in [1.54, 1.807) is 40.5 Å². The molecule has 0 aliphatic heterocycles. The minimum atomic E-state index is -3.90. The molecule has 0 N–H and O–H groups in total. The maximum absolute atomic E-state index is 13.5. The second-order valence-corrected chi connectivity index (χ2v) is 30.4. The molecule has 4 fully saturated rings. The summed E-state index contributed by atoms with van der Waals surface area (Å²) in [6.45, 7) is 19.6. The van der Waals surface area contributed by atoms with Crippen molar-refractivity contribution in [2.75, 3.05) is 38.9 Å². The number of hydrogen-bond donors (Lipinski definition) is 0. The average Bonchev–Trinajstić information content (AvgIpc) is 3.82. The molecule has 4 aromatic heterocycles. The molecule has 2 atom stereocenters. The maximum Gasteiger partial charge on any atom is 0.357 e. The van der Waals surface area contributed by atoms with E-state index in [-0.39, 0.29) is 40.0 Å². The van der Waals surface area contributed by atoms with E-state index in [2.05, 4.69) is 65.1 Å². The van der Waals surface area contributed by atoms with Gasteiger partial charge in [0.05, 0.1) is 47.2 Å². The molecule has 6 aromatic rings. The Morgan fingerprint density at radius 1 is 0.871 bits per heavy atom. The average molecular weight is 1010 g/mol. The zero-order valence-corrected chi connectivity index (χ0v) is 44.8. The predicted molar refractivity (Wildman–Crippen MR) is 275 cm³/mol. The number of carbonyl (C=O) groups excluding carboxylic acids is 1. The molecule has 372 valence electrons. The molecule has 0 saturated heterocycles. The molecule has 4 heterocycles. The predicted octanol–water partition coefficient (Wildman–Crippen LogP) is 10.3. The molecule has 4 aliphatic carbocycles. The number of methoxy groups -OCH3 is 1. The first-order valence-corrected chi connectivity index (χ1v) is 30.0. The van der Waals surface area contributed by atoms with E-state index in [0.29, 0.717) is 42.9 Å². The highest BCUT2D eigenvalue weighted by atomic mass is 32.2. The number of aryl methyl sites for hydroxylation is 2. The smallest absolute Gasteiger partial charge is 0.357 e. The topological polar surface area (TPSA) is 165 Å². The van der Waals surface area contributed by atoms with E-state index >= 15 is 0 Å². The summed E-state index contributed by atoms with van der Waals surface area (Å²) in [5, 5.41) is 14.1. The number of carbonyl (C=O) groups is 1. The standard InChI is InChI=1S/C52H66N8O7S2Si/c1-35-15-17-38(18-16-35)69(62,63)67-22-21-66-52-30-49(4)27-50(5,31-52)29-51(28-49,32-52)33-60-37(3)40(26-53-60)39-19-20-43(54-45(39)47(61)64-7)58(6)44-25-36(2)46(57-56-44)55-48-59(34-65-23-24-70(8,9)10)41-13-11-12-14-42(41)68-48/h11-20,25-26H,21-24,27-34H2,1-10H3. The molecule has 10 rings (SSSR count). The van der Waals surface area contributed by atoms with Crippen molar-refractivity contribution < 1.29 is 31.6 Å². The van der Waals surface area contributed by atoms with Crippen molar-refractivity contribution >= 4 is 63.2 Å². The van der Waals surface area contributed by atoms with Crippen LogP contribution < -0.4 is 9.70 Å². The lowest BCUT2D eigenvalue weighted by Gasteiger charge is -2.69. The van der Waals surface area contributed by atoms with Gasteiger partial charge in [0.15, 0.2) is 22.1 Å². The van der Waals surface area contributed by atoms with Crippen LogP contribution in [0.25, 0.3) is 21.3 Å². The number of anilines is 2. The molecule has 0 spiro atoms. The van der Waals surface area contributed by atoms with Crippen LogP contribution in [0.1, 0.15) is 79.7 Å². The monoisotopic (exact) mass is 1010 g/mol. The largest absolute Gasteiger partial charge is 0.464 e. The molecular weight excluding hydrogens is 941 g/mol. The van der Waals surface area contributed by atoms with Gasteiger partial charge in [0.25, 0.3) is 10.1 Å². The van der Waals surface area contributed by atoms with Crippen molar-refractivity contribution in [1.29, 1.82) is 0 Å². The number of nitrogens with zero attached hydrogens (tertiary/aromatic N) is 8. The number of ether oxygens (including phenoxy) is 3. The highest BCUT2D eigenvalue weighted by Gasteiger charge is 2.66. The number of benzene rings is 2. The van der Waals surface area contributed by atoms with Gasteiger partial charge < -0.3 is 19.1 Å². The Morgan fingerprint density at radius 3 is 2.30 bits per heavy atom. The normalized spacial score (nSPS) is 23.4. The van der Waals surface area contributed by atoms with E-state index in [4.69, 9.17) is 33.5 Å². The Labute approximate surface area is 416 Å². The first-order valence-electron chi connectivity index (χ1n) is 24.1. The van der Waals surface area contributed by atoms with E-state index in [0.717, 1.165) is 82.0 Å². The van der Waals surface area contributed by atoms with Crippen LogP contribution >= 0.6 is 11.3 Å². The van der Waals surface area contributed by atoms with Gasteiger partial charge in [-0.3, -0.25) is 13.4 Å². The minimum Gasteiger partial charge on any atom is -0.464 e. The summed E-state index contributed by atoms with van der Waals surface area (Å²) >= 11 is 1.59. The molecule has 4 saturated carbocycles. The summed E-state index contributed by atoms with van der Waals surface area (Å²) in [5.41, 5.74) is 4.99. The highest BCUT2D eigenvalue weighted by Crippen LogP contribution is 2.72. The van der Waals surface area contributed by atoms with Crippen molar-refractivity contribution in [3.05, 3.63) is 100 Å². The van der Waals surface area contributed by atoms with E-state index in [1.165, 1.54) is 7.11 Å². The molecule has 70 heavy (non-hydrogen) atoms. The van der Waals surface area contributed by atoms with Crippen molar-refractivity contribution in [3.63, 3.8) is 0 Å². The molecular formula is C52H66N8O7S2Si. The fourth-order valence-electron chi connectivity index (χ4n) is 12.3. The Bertz CT molecular complexity index is 3110. The molecule has 15 nitrogen and oxygen atoms in total. The summed E-state index contributed by atoms with van der Waals surface area (Å²) in [4.78, 5) is 26.1. The van der Waals surface area contributed by atoms with E-state index < -0.39 is 29.8 Å². The number of fused-ring (bicyclic) bond motifs is 1. The lowest BCUT2D eigenvalue weighted by Crippen LogP contribution is -2.64. The van der Waals surface area contributed by atoms with Crippen molar-refractivity contribution in [3.8, 4) is 11.1 Å². The van der Waals surface area contributed by atoms with Gasteiger partial charge in [-0.25, -0.2) is 9.78 Å². The van der Waals surface area contributed by atoms with Crippen LogP contribution in [0.5, 0.6) is 0 Å². The van der Waals surface area contributed by atoms with Crippen LogP contribution in [0.3, 0.4) is 0 Å². The fourth-order valence-corrected chi connectivity index (χ4v) is 15.0. The minimum absolute atomic E-state index is 0.0513. The zero-order chi connectivity index (χ0) is 49.9. The van der Waals surface area contributed by atoms with Gasteiger partial charge in [-0.1, -0.05) is 74.7 Å². The Morgan fingerprint density at radius 2 is 1.60 bits per heavy atom. The van der Waals surface area contributed by atoms with Crippen LogP contribution in [0, 0.1) is 37.0 Å². The van der Waals surface area contributed by atoms with Gasteiger partial charge >= 0.3 is 5.97 Å². The summed E-state index contributed by atoms with van der Waals surface area (Å²) in [5.74, 6) is 0.965. The number of esters is 1. The van der Waals surface area contributed by atoms with Crippen LogP contribution in [-0.2, 0) is 41.8 Å². The zero-order valence-electron chi connectivity index (χ0n) is 42.2. The highest BCUT2D eigenvalue weighted by molar-refractivity contribution is 7.86. The lowest BCUT2D eigenvalue weighted by molar-refractivity contribution is -0.249. The summed E-state index contributed by atoms with van der Waals surface area (Å²) in [6, 6.07) is 21.7. The SMILES string of the molecule is COC(=O)c1nc(N(C)c2cc(C)c(N=c3sc4ccccc4n3COCC[Si](C)(C)C)nn2)ccc1-c1cnn(CC23CC4(C)CC(C)(C2)CC(OCCOS(=O)(=O)c2ccc(C)cc2)(C4)C3)c1C. The van der Waals surface area contributed by atoms with Crippen LogP contribution in [0.2, 0.25) is 25.7 Å². The quantitative estimate of drug-likeness (QED) is 0.0347. The third-order valence-corrected chi connectivity index (χ3v) is 18.6. The Balaban J connectivity index is 0.926. The number of rotatable bonds is 18. The molecule has 18 heteroatoms. The lowest BCUT2D eigenvalue weighted by atomic mass is 9.39. The second kappa shape index (κ2) is 18.8. The van der Waals surface area contributed by atoms with Crippen molar-refractivity contribution in [1.82, 2.24) is 29.5 Å². The summed E-state index contributed by atoms with van der Waals surface area (Å²) < 4.78 is 54.9. The van der Waals surface area contributed by atoms with Gasteiger partial charge in [0.1, 0.15) is 12.5 Å². The van der Waals surface area contributed by atoms with Crippen LogP contribution in [-0.4, -0.2) is 91.6 Å². The fraction of sp³-hybridized carbons (Fsp3) is 0.500.